The molecular formula is C14H24N2O3. The van der Waals surface area contributed by atoms with Crippen LogP contribution in [0.3, 0.4) is 0 Å². The Bertz CT molecular complexity index is 353. The second-order valence-corrected chi connectivity index (χ2v) is 6.03. The highest BCUT2D eigenvalue weighted by atomic mass is 16.4. The normalized spacial score (nSPS) is 31.5. The summed E-state index contributed by atoms with van der Waals surface area (Å²) in [4.78, 5) is 25.6. The topological polar surface area (TPSA) is 69.6 Å². The molecule has 108 valence electrons. The summed E-state index contributed by atoms with van der Waals surface area (Å²) in [5.74, 6) is -0.805. The van der Waals surface area contributed by atoms with E-state index < -0.39 is 11.4 Å². The zero-order valence-corrected chi connectivity index (χ0v) is 11.7. The van der Waals surface area contributed by atoms with Crippen molar-refractivity contribution in [3.8, 4) is 0 Å². The third-order valence-electron chi connectivity index (χ3n) is 4.64. The number of aliphatic carboxylic acids is 1. The first-order valence-corrected chi connectivity index (χ1v) is 7.27. The second kappa shape index (κ2) is 5.90. The van der Waals surface area contributed by atoms with Crippen molar-refractivity contribution >= 4 is 11.9 Å². The van der Waals surface area contributed by atoms with Crippen molar-refractivity contribution in [3.63, 3.8) is 0 Å². The van der Waals surface area contributed by atoms with Gasteiger partial charge in [-0.3, -0.25) is 9.59 Å². The predicted octanol–water partition coefficient (Wildman–Crippen LogP) is 1.23. The Balaban J connectivity index is 1.79. The monoisotopic (exact) mass is 268 g/mol. The summed E-state index contributed by atoms with van der Waals surface area (Å²) in [5, 5.41) is 12.2. The Hall–Kier alpha value is -1.10. The van der Waals surface area contributed by atoms with Crippen LogP contribution in [0.2, 0.25) is 0 Å². The van der Waals surface area contributed by atoms with Gasteiger partial charge in [-0.1, -0.05) is 6.42 Å². The molecular weight excluding hydrogens is 244 g/mol. The van der Waals surface area contributed by atoms with E-state index in [0.717, 1.165) is 32.5 Å². The number of nitrogens with one attached hydrogen (secondary N) is 1. The molecule has 0 aromatic carbocycles. The molecule has 2 rings (SSSR count). The molecule has 2 aliphatic rings. The molecule has 2 unspecified atom stereocenters. The van der Waals surface area contributed by atoms with Crippen molar-refractivity contribution in [2.75, 3.05) is 19.6 Å². The molecule has 0 radical (unpaired) electrons. The lowest BCUT2D eigenvalue weighted by Crippen LogP contribution is -2.47. The molecule has 5 nitrogen and oxygen atoms in total. The number of carbonyl (C=O) groups excluding carboxylic acids is 1. The summed E-state index contributed by atoms with van der Waals surface area (Å²) in [5.41, 5.74) is -0.788. The number of amides is 1. The molecule has 0 spiro atoms. The summed E-state index contributed by atoms with van der Waals surface area (Å²) in [6.45, 7) is 4.71. The van der Waals surface area contributed by atoms with Crippen molar-refractivity contribution in [2.45, 2.75) is 51.5 Å². The predicted molar refractivity (Wildman–Crippen MR) is 71.8 cm³/mol. The molecule has 1 aliphatic carbocycles. The average Bonchev–Trinajstić information content (AvgIpc) is 2.98. The molecule has 5 heteroatoms. The Morgan fingerprint density at radius 3 is 2.63 bits per heavy atom. The van der Waals surface area contributed by atoms with Gasteiger partial charge in [0, 0.05) is 19.0 Å². The van der Waals surface area contributed by atoms with Crippen molar-refractivity contribution in [2.24, 2.45) is 5.41 Å². The van der Waals surface area contributed by atoms with Gasteiger partial charge in [-0.25, -0.2) is 0 Å². The number of hydrogen-bond acceptors (Lipinski definition) is 3. The van der Waals surface area contributed by atoms with Gasteiger partial charge in [-0.15, -0.1) is 0 Å². The van der Waals surface area contributed by atoms with Crippen LogP contribution in [0.4, 0.5) is 0 Å². The zero-order chi connectivity index (χ0) is 13.9. The SMILES string of the molecule is CC1(C(=O)O)CCCC1NC(=O)CCN1CCCC1. The van der Waals surface area contributed by atoms with Gasteiger partial charge in [0.1, 0.15) is 0 Å². The van der Waals surface area contributed by atoms with E-state index in [-0.39, 0.29) is 11.9 Å². The van der Waals surface area contributed by atoms with Crippen molar-refractivity contribution < 1.29 is 14.7 Å². The third-order valence-corrected chi connectivity index (χ3v) is 4.64. The van der Waals surface area contributed by atoms with Gasteiger partial charge in [0.15, 0.2) is 0 Å². The van der Waals surface area contributed by atoms with Gasteiger partial charge in [0.2, 0.25) is 5.91 Å². The standard InChI is InChI=1S/C14H24N2O3/c1-14(13(18)19)7-4-5-11(14)15-12(17)6-10-16-8-2-3-9-16/h11H,2-10H2,1H3,(H,15,17)(H,18,19). The van der Waals surface area contributed by atoms with E-state index in [1.54, 1.807) is 6.92 Å². The molecule has 0 aromatic heterocycles. The summed E-state index contributed by atoms with van der Waals surface area (Å²) >= 11 is 0. The molecule has 0 aromatic rings. The fraction of sp³-hybridized carbons (Fsp3) is 0.857. The first-order valence-electron chi connectivity index (χ1n) is 7.27. The van der Waals surface area contributed by atoms with E-state index in [1.807, 2.05) is 0 Å². The number of nitrogens with zero attached hydrogens (tertiary/aromatic N) is 1. The first-order chi connectivity index (χ1) is 9.02. The van der Waals surface area contributed by atoms with Gasteiger partial charge in [0.25, 0.3) is 0 Å². The largest absolute Gasteiger partial charge is 0.481 e. The summed E-state index contributed by atoms with van der Waals surface area (Å²) < 4.78 is 0. The Kier molecular flexibility index (Phi) is 4.45. The van der Waals surface area contributed by atoms with Crippen LogP contribution in [0.5, 0.6) is 0 Å². The minimum atomic E-state index is -0.796. The zero-order valence-electron chi connectivity index (χ0n) is 11.7. The molecule has 1 amide bonds. The lowest BCUT2D eigenvalue weighted by atomic mass is 9.85. The van der Waals surface area contributed by atoms with Crippen LogP contribution in [0, 0.1) is 5.41 Å². The van der Waals surface area contributed by atoms with Gasteiger partial charge in [-0.05, 0) is 45.7 Å². The quantitative estimate of drug-likeness (QED) is 0.787. The molecule has 2 fully saturated rings. The van der Waals surface area contributed by atoms with Gasteiger partial charge in [-0.2, -0.15) is 0 Å². The Morgan fingerprint density at radius 1 is 1.32 bits per heavy atom. The number of carbonyl (C=O) groups is 2. The van der Waals surface area contributed by atoms with Crippen LogP contribution < -0.4 is 5.32 Å². The highest BCUT2D eigenvalue weighted by molar-refractivity contribution is 5.80. The maximum Gasteiger partial charge on any atom is 0.311 e. The maximum absolute atomic E-state index is 11.9. The van der Waals surface area contributed by atoms with Crippen molar-refractivity contribution in [3.05, 3.63) is 0 Å². The lowest BCUT2D eigenvalue weighted by molar-refractivity contribution is -0.149. The van der Waals surface area contributed by atoms with E-state index in [9.17, 15) is 14.7 Å². The molecule has 2 N–H and O–H groups in total. The van der Waals surface area contributed by atoms with E-state index in [1.165, 1.54) is 12.8 Å². The number of hydrogen-bond donors (Lipinski definition) is 2. The number of rotatable bonds is 5. The van der Waals surface area contributed by atoms with E-state index >= 15 is 0 Å². The average molecular weight is 268 g/mol. The second-order valence-electron chi connectivity index (χ2n) is 6.03. The summed E-state index contributed by atoms with van der Waals surface area (Å²) in [7, 11) is 0. The van der Waals surface area contributed by atoms with Crippen LogP contribution in [-0.4, -0.2) is 47.6 Å². The Morgan fingerprint density at radius 2 is 2.00 bits per heavy atom. The summed E-state index contributed by atoms with van der Waals surface area (Å²) in [6.07, 6.45) is 5.23. The fourth-order valence-corrected chi connectivity index (χ4v) is 3.19. The molecule has 19 heavy (non-hydrogen) atoms. The molecule has 2 atom stereocenters. The van der Waals surface area contributed by atoms with E-state index in [4.69, 9.17) is 0 Å². The van der Waals surface area contributed by atoms with Gasteiger partial charge >= 0.3 is 5.97 Å². The van der Waals surface area contributed by atoms with Crippen LogP contribution in [0.1, 0.15) is 45.4 Å². The minimum absolute atomic E-state index is 0.00808. The van der Waals surface area contributed by atoms with Crippen LogP contribution >= 0.6 is 0 Å². The van der Waals surface area contributed by atoms with Crippen molar-refractivity contribution in [1.82, 2.24) is 10.2 Å². The van der Waals surface area contributed by atoms with E-state index in [2.05, 4.69) is 10.2 Å². The highest BCUT2D eigenvalue weighted by Gasteiger charge is 2.45. The first kappa shape index (κ1) is 14.3. The smallest absolute Gasteiger partial charge is 0.311 e. The van der Waals surface area contributed by atoms with Crippen LogP contribution in [-0.2, 0) is 9.59 Å². The summed E-state index contributed by atoms with van der Waals surface area (Å²) in [6, 6.07) is -0.212. The molecule has 1 heterocycles. The molecule has 1 saturated carbocycles. The number of likely N-dealkylation sites (tertiary alicyclic amines) is 1. The molecule has 1 aliphatic heterocycles. The third kappa shape index (κ3) is 3.26. The minimum Gasteiger partial charge on any atom is -0.481 e. The number of carboxylic acids is 1. The number of carboxylic acid groups (broad SMARTS) is 1. The highest BCUT2D eigenvalue weighted by Crippen LogP contribution is 2.38. The van der Waals surface area contributed by atoms with Gasteiger partial charge in [0.05, 0.1) is 5.41 Å². The fourth-order valence-electron chi connectivity index (χ4n) is 3.19. The lowest BCUT2D eigenvalue weighted by Gasteiger charge is -2.28. The van der Waals surface area contributed by atoms with Crippen molar-refractivity contribution in [1.29, 1.82) is 0 Å². The van der Waals surface area contributed by atoms with Gasteiger partial charge < -0.3 is 15.3 Å². The van der Waals surface area contributed by atoms with Crippen LogP contribution in [0.15, 0.2) is 0 Å². The molecule has 0 bridgehead atoms. The maximum atomic E-state index is 11.9. The Labute approximate surface area is 114 Å². The van der Waals surface area contributed by atoms with Crippen LogP contribution in [0.25, 0.3) is 0 Å². The van der Waals surface area contributed by atoms with E-state index in [0.29, 0.717) is 12.8 Å². The molecule has 1 saturated heterocycles.